The van der Waals surface area contributed by atoms with Crippen molar-refractivity contribution in [2.75, 3.05) is 6.61 Å². The molecule has 5 nitrogen and oxygen atoms in total. The molecule has 1 saturated heterocycles. The smallest absolute Gasteiger partial charge is 0.347 e. The van der Waals surface area contributed by atoms with Gasteiger partial charge in [-0.2, -0.15) is 0 Å². The zero-order valence-corrected chi connectivity index (χ0v) is 9.30. The fourth-order valence-corrected chi connectivity index (χ4v) is 1.52. The fraction of sp³-hybridized carbons (Fsp3) is 0.333. The van der Waals surface area contributed by atoms with Crippen LogP contribution in [0, 0.1) is 6.92 Å². The van der Waals surface area contributed by atoms with Crippen LogP contribution in [0.25, 0.3) is 0 Å². The minimum Gasteiger partial charge on any atom is -0.508 e. The summed E-state index contributed by atoms with van der Waals surface area (Å²) in [4.78, 5) is 22.8. The number of carbonyl (C=O) groups is 2. The number of rotatable bonds is 2. The third kappa shape index (κ3) is 2.38. The number of hydrogen-bond donors (Lipinski definition) is 1. The van der Waals surface area contributed by atoms with Gasteiger partial charge in [0.2, 0.25) is 6.10 Å². The normalized spacial score (nSPS) is 18.9. The molecule has 5 heteroatoms. The standard InChI is InChI=1S/C12H12O5/c1-7-2-3-8(6-9(7)13)11(14)17-10-4-5-16-12(10)15/h2-3,6,10,13H,4-5H2,1H3. The van der Waals surface area contributed by atoms with Crippen LogP contribution < -0.4 is 0 Å². The molecule has 1 atom stereocenters. The zero-order chi connectivity index (χ0) is 12.4. The van der Waals surface area contributed by atoms with Crippen LogP contribution in [0.2, 0.25) is 0 Å². The number of cyclic esters (lactones) is 1. The first-order chi connectivity index (χ1) is 8.08. The number of phenolic OH excluding ortho intramolecular Hbond substituents is 1. The van der Waals surface area contributed by atoms with E-state index in [1.807, 2.05) is 0 Å². The molecular formula is C12H12O5. The van der Waals surface area contributed by atoms with Crippen molar-refractivity contribution in [3.8, 4) is 5.75 Å². The summed E-state index contributed by atoms with van der Waals surface area (Å²) in [5.41, 5.74) is 0.884. The minimum atomic E-state index is -0.828. The van der Waals surface area contributed by atoms with E-state index in [4.69, 9.17) is 4.74 Å². The van der Waals surface area contributed by atoms with Crippen molar-refractivity contribution in [1.82, 2.24) is 0 Å². The largest absolute Gasteiger partial charge is 0.508 e. The van der Waals surface area contributed by atoms with Gasteiger partial charge in [-0.05, 0) is 24.6 Å². The molecule has 0 radical (unpaired) electrons. The predicted octanol–water partition coefficient (Wildman–Crippen LogP) is 1.17. The highest BCUT2D eigenvalue weighted by Gasteiger charge is 2.30. The van der Waals surface area contributed by atoms with E-state index in [1.54, 1.807) is 13.0 Å². The number of esters is 2. The van der Waals surface area contributed by atoms with Crippen molar-refractivity contribution in [1.29, 1.82) is 0 Å². The predicted molar refractivity (Wildman–Crippen MR) is 57.6 cm³/mol. The van der Waals surface area contributed by atoms with E-state index in [0.29, 0.717) is 12.0 Å². The summed E-state index contributed by atoms with van der Waals surface area (Å²) in [5.74, 6) is -1.13. The number of carbonyl (C=O) groups excluding carboxylic acids is 2. The number of aryl methyl sites for hydroxylation is 1. The molecule has 0 spiro atoms. The summed E-state index contributed by atoms with van der Waals surface area (Å²) in [6.45, 7) is 1.99. The SMILES string of the molecule is Cc1ccc(C(=O)OC2CCOC2=O)cc1O. The van der Waals surface area contributed by atoms with Crippen LogP contribution in [-0.4, -0.2) is 29.8 Å². The molecule has 1 aliphatic heterocycles. The third-order valence-corrected chi connectivity index (χ3v) is 2.58. The molecule has 90 valence electrons. The number of phenols is 1. The molecule has 0 aliphatic carbocycles. The Labute approximate surface area is 98.0 Å². The van der Waals surface area contributed by atoms with Crippen LogP contribution >= 0.6 is 0 Å². The lowest BCUT2D eigenvalue weighted by atomic mass is 10.1. The van der Waals surface area contributed by atoms with E-state index in [1.165, 1.54) is 12.1 Å². The number of aromatic hydroxyl groups is 1. The van der Waals surface area contributed by atoms with E-state index in [0.717, 1.165) is 0 Å². The van der Waals surface area contributed by atoms with Crippen LogP contribution in [0.15, 0.2) is 18.2 Å². The van der Waals surface area contributed by atoms with Crippen LogP contribution in [0.3, 0.4) is 0 Å². The first-order valence-electron chi connectivity index (χ1n) is 5.25. The van der Waals surface area contributed by atoms with Gasteiger partial charge in [-0.3, -0.25) is 0 Å². The first kappa shape index (κ1) is 11.4. The summed E-state index contributed by atoms with van der Waals surface area (Å²) in [5, 5.41) is 9.46. The average molecular weight is 236 g/mol. The highest BCUT2D eigenvalue weighted by molar-refractivity contribution is 5.92. The van der Waals surface area contributed by atoms with Crippen molar-refractivity contribution in [3.63, 3.8) is 0 Å². The molecule has 2 rings (SSSR count). The van der Waals surface area contributed by atoms with Crippen molar-refractivity contribution >= 4 is 11.9 Å². The monoisotopic (exact) mass is 236 g/mol. The lowest BCUT2D eigenvalue weighted by Gasteiger charge is -2.08. The van der Waals surface area contributed by atoms with Crippen LogP contribution in [0.4, 0.5) is 0 Å². The van der Waals surface area contributed by atoms with Gasteiger partial charge in [0.15, 0.2) is 0 Å². The van der Waals surface area contributed by atoms with Crippen LogP contribution in [0.5, 0.6) is 5.75 Å². The summed E-state index contributed by atoms with van der Waals surface area (Å²) in [6, 6.07) is 4.47. The summed E-state index contributed by atoms with van der Waals surface area (Å²) in [7, 11) is 0. The van der Waals surface area contributed by atoms with Gasteiger partial charge in [-0.25, -0.2) is 9.59 Å². The van der Waals surface area contributed by atoms with Gasteiger partial charge in [-0.1, -0.05) is 6.07 Å². The van der Waals surface area contributed by atoms with Crippen molar-refractivity contribution in [3.05, 3.63) is 29.3 Å². The van der Waals surface area contributed by atoms with E-state index in [2.05, 4.69) is 4.74 Å². The Morgan fingerprint density at radius 1 is 1.53 bits per heavy atom. The van der Waals surface area contributed by atoms with Gasteiger partial charge in [0.1, 0.15) is 5.75 Å². The van der Waals surface area contributed by atoms with Crippen LogP contribution in [0.1, 0.15) is 22.3 Å². The second-order valence-corrected chi connectivity index (χ2v) is 3.85. The Balaban J connectivity index is 2.09. The molecule has 1 aromatic carbocycles. The van der Waals surface area contributed by atoms with Crippen LogP contribution in [-0.2, 0) is 14.3 Å². The lowest BCUT2D eigenvalue weighted by molar-refractivity contribution is -0.145. The Kier molecular flexibility index (Phi) is 2.99. The molecule has 1 heterocycles. The van der Waals surface area contributed by atoms with Gasteiger partial charge < -0.3 is 14.6 Å². The van der Waals surface area contributed by atoms with Crippen molar-refractivity contribution in [2.24, 2.45) is 0 Å². The van der Waals surface area contributed by atoms with Crippen molar-refractivity contribution in [2.45, 2.75) is 19.4 Å². The first-order valence-corrected chi connectivity index (χ1v) is 5.25. The second kappa shape index (κ2) is 4.45. The molecule has 1 fully saturated rings. The lowest BCUT2D eigenvalue weighted by Crippen LogP contribution is -2.22. The Bertz CT molecular complexity index is 466. The molecular weight excluding hydrogens is 224 g/mol. The summed E-state index contributed by atoms with van der Waals surface area (Å²) in [6.07, 6.45) is -0.450. The van der Waals surface area contributed by atoms with Gasteiger partial charge >= 0.3 is 11.9 Å². The van der Waals surface area contributed by atoms with E-state index in [9.17, 15) is 14.7 Å². The van der Waals surface area contributed by atoms with E-state index >= 15 is 0 Å². The Hall–Kier alpha value is -2.04. The Morgan fingerprint density at radius 3 is 2.88 bits per heavy atom. The minimum absolute atomic E-state index is 0.0217. The van der Waals surface area contributed by atoms with Gasteiger partial charge in [0.05, 0.1) is 12.2 Å². The molecule has 0 bridgehead atoms. The maximum Gasteiger partial charge on any atom is 0.347 e. The summed E-state index contributed by atoms with van der Waals surface area (Å²) >= 11 is 0. The highest BCUT2D eigenvalue weighted by Crippen LogP contribution is 2.19. The fourth-order valence-electron chi connectivity index (χ4n) is 1.52. The molecule has 0 saturated carbocycles. The Morgan fingerprint density at radius 2 is 2.29 bits per heavy atom. The van der Waals surface area contributed by atoms with Gasteiger partial charge in [0.25, 0.3) is 0 Å². The van der Waals surface area contributed by atoms with Crippen molar-refractivity contribution < 1.29 is 24.2 Å². The van der Waals surface area contributed by atoms with E-state index < -0.39 is 18.0 Å². The molecule has 1 N–H and O–H groups in total. The molecule has 1 unspecified atom stereocenters. The number of ether oxygens (including phenoxy) is 2. The average Bonchev–Trinajstić information content (AvgIpc) is 2.68. The number of benzene rings is 1. The zero-order valence-electron chi connectivity index (χ0n) is 9.30. The molecule has 17 heavy (non-hydrogen) atoms. The van der Waals surface area contributed by atoms with Gasteiger partial charge in [-0.15, -0.1) is 0 Å². The maximum atomic E-state index is 11.7. The van der Waals surface area contributed by atoms with E-state index in [-0.39, 0.29) is 17.9 Å². The number of hydrogen-bond acceptors (Lipinski definition) is 5. The third-order valence-electron chi connectivity index (χ3n) is 2.58. The maximum absolute atomic E-state index is 11.7. The molecule has 1 aromatic rings. The molecule has 1 aliphatic rings. The quantitative estimate of drug-likeness (QED) is 0.780. The molecule has 0 aromatic heterocycles. The second-order valence-electron chi connectivity index (χ2n) is 3.85. The molecule has 0 amide bonds. The highest BCUT2D eigenvalue weighted by atomic mass is 16.6. The topological polar surface area (TPSA) is 72.8 Å². The summed E-state index contributed by atoms with van der Waals surface area (Å²) < 4.78 is 9.66. The van der Waals surface area contributed by atoms with Gasteiger partial charge in [0, 0.05) is 6.42 Å².